The van der Waals surface area contributed by atoms with Crippen LogP contribution in [0, 0.1) is 31.0 Å². The summed E-state index contributed by atoms with van der Waals surface area (Å²) in [4.78, 5) is 37.3. The molecule has 0 amide bonds. The molecule has 2 aromatic carbocycles. The molecular weight excluding hydrogens is 641 g/mol. The largest absolute Gasteiger partial charge is 0.493 e. The zero-order chi connectivity index (χ0) is 34.0. The first-order chi connectivity index (χ1) is 22.3. The van der Waals surface area contributed by atoms with Gasteiger partial charge >= 0.3 is 11.9 Å². The van der Waals surface area contributed by atoms with Gasteiger partial charge in [0.2, 0.25) is 5.43 Å². The Morgan fingerprint density at radius 3 is 2.46 bits per heavy atom. The zero-order valence-corrected chi connectivity index (χ0v) is 29.1. The molecule has 262 valence electrons. The van der Waals surface area contributed by atoms with Gasteiger partial charge in [-0.3, -0.25) is 9.59 Å². The number of pyridine rings is 1. The highest BCUT2D eigenvalue weighted by atomic mass is 35.5. The standard InChI is InChI=1S/C21H24FN3O4.C15H22O3.ClH/c1-29-20-17-13(19(26)14(21(27)28)9-25(17)12-4-5-12)7-15(22)18(20)24-8-11-3-2-6-23-16(11)10-24;1-11-6-7-12(2)13(10-11)18-9-5-8-15(3,4)14(16)17;/h7,9,11-12,16,23H,2-6,8,10H2,1H3,(H,27,28);6-7,10H,5,8-9H2,1-4H3,(H,16,17);1H/t11-,16+;;/m0../s1. The molecule has 3 aromatic rings. The lowest BCUT2D eigenvalue weighted by Crippen LogP contribution is -2.40. The van der Waals surface area contributed by atoms with Gasteiger partial charge in [0.1, 0.15) is 17.0 Å². The minimum absolute atomic E-state index is 0. The number of benzene rings is 2. The Labute approximate surface area is 286 Å². The molecule has 3 fully saturated rings. The summed E-state index contributed by atoms with van der Waals surface area (Å²) in [5.41, 5.74) is 1.45. The number of carboxylic acids is 2. The van der Waals surface area contributed by atoms with E-state index >= 15 is 4.39 Å². The summed E-state index contributed by atoms with van der Waals surface area (Å²) >= 11 is 0. The van der Waals surface area contributed by atoms with E-state index in [1.54, 1.807) is 18.4 Å². The van der Waals surface area contributed by atoms with Crippen LogP contribution in [0.5, 0.6) is 11.5 Å². The zero-order valence-electron chi connectivity index (χ0n) is 28.3. The molecule has 2 saturated heterocycles. The maximum atomic E-state index is 15.3. The summed E-state index contributed by atoms with van der Waals surface area (Å²) in [5, 5.41) is 22.0. The van der Waals surface area contributed by atoms with Crippen molar-refractivity contribution in [2.75, 3.05) is 38.3 Å². The second kappa shape index (κ2) is 15.2. The first kappa shape index (κ1) is 37.0. The molecule has 2 atom stereocenters. The predicted octanol–water partition coefficient (Wildman–Crippen LogP) is 6.37. The van der Waals surface area contributed by atoms with Gasteiger partial charge in [0.05, 0.1) is 30.0 Å². The number of carbonyl (C=O) groups is 2. The SMILES string of the molecule is COc1c(N2C[C@@H]3CCCN[C@@H]3C2)c(F)cc2c(=O)c(C(=O)O)cn(C3CC3)c12.Cc1ccc(C)c(OCCCC(C)(C)C(=O)O)c1.Cl. The van der Waals surface area contributed by atoms with E-state index in [0.717, 1.165) is 56.5 Å². The first-order valence-electron chi connectivity index (χ1n) is 16.4. The fourth-order valence-electron chi connectivity index (χ4n) is 6.62. The average molecular weight is 688 g/mol. The number of hydrogen-bond acceptors (Lipinski definition) is 7. The van der Waals surface area contributed by atoms with Crippen LogP contribution in [-0.2, 0) is 4.79 Å². The van der Waals surface area contributed by atoms with Crippen molar-refractivity contribution in [3.63, 3.8) is 0 Å². The number of ether oxygens (including phenoxy) is 2. The molecule has 48 heavy (non-hydrogen) atoms. The molecule has 1 aliphatic carbocycles. The first-order valence-corrected chi connectivity index (χ1v) is 16.4. The molecule has 1 aromatic heterocycles. The Balaban J connectivity index is 0.000000238. The summed E-state index contributed by atoms with van der Waals surface area (Å²) in [6.45, 7) is 10.5. The predicted molar refractivity (Wildman–Crippen MR) is 186 cm³/mol. The number of rotatable bonds is 10. The van der Waals surface area contributed by atoms with Crippen molar-refractivity contribution < 1.29 is 33.7 Å². The molecule has 3 aliphatic rings. The number of carboxylic acid groups (broad SMARTS) is 2. The smallest absolute Gasteiger partial charge is 0.341 e. The van der Waals surface area contributed by atoms with Crippen molar-refractivity contribution in [3.8, 4) is 11.5 Å². The summed E-state index contributed by atoms with van der Waals surface area (Å²) in [6, 6.07) is 7.71. The quantitative estimate of drug-likeness (QED) is 0.208. The van der Waals surface area contributed by atoms with E-state index in [0.29, 0.717) is 48.5 Å². The Morgan fingerprint density at radius 2 is 1.83 bits per heavy atom. The van der Waals surface area contributed by atoms with Crippen LogP contribution in [-0.4, -0.2) is 66.1 Å². The number of halogens is 2. The van der Waals surface area contributed by atoms with Crippen LogP contribution in [0.2, 0.25) is 0 Å². The molecule has 0 spiro atoms. The third-order valence-electron chi connectivity index (χ3n) is 9.61. The summed E-state index contributed by atoms with van der Waals surface area (Å²) in [6.07, 6.45) is 6.77. The molecule has 2 aliphatic heterocycles. The number of aromatic carboxylic acids is 1. The number of fused-ring (bicyclic) bond motifs is 2. The van der Waals surface area contributed by atoms with Gasteiger partial charge in [-0.25, -0.2) is 9.18 Å². The Bertz CT molecular complexity index is 1710. The van der Waals surface area contributed by atoms with Gasteiger partial charge in [-0.2, -0.15) is 0 Å². The van der Waals surface area contributed by atoms with Gasteiger partial charge in [0.25, 0.3) is 0 Å². The Hall–Kier alpha value is -3.83. The highest BCUT2D eigenvalue weighted by Gasteiger charge is 2.38. The molecule has 0 unspecified atom stereocenters. The highest BCUT2D eigenvalue weighted by Crippen LogP contribution is 2.45. The van der Waals surface area contributed by atoms with E-state index in [2.05, 4.69) is 11.4 Å². The fourth-order valence-corrected chi connectivity index (χ4v) is 6.62. The number of aromatic nitrogens is 1. The molecule has 12 heteroatoms. The van der Waals surface area contributed by atoms with Crippen LogP contribution in [0.3, 0.4) is 0 Å². The molecule has 3 N–H and O–H groups in total. The van der Waals surface area contributed by atoms with Gasteiger partial charge in [-0.05, 0) is 102 Å². The third-order valence-corrected chi connectivity index (χ3v) is 9.61. The van der Waals surface area contributed by atoms with Gasteiger partial charge in [-0.1, -0.05) is 12.1 Å². The van der Waals surface area contributed by atoms with Crippen LogP contribution in [0.4, 0.5) is 10.1 Å². The maximum Gasteiger partial charge on any atom is 0.341 e. The van der Waals surface area contributed by atoms with E-state index in [1.807, 2.05) is 30.9 Å². The highest BCUT2D eigenvalue weighted by molar-refractivity contribution is 5.97. The van der Waals surface area contributed by atoms with E-state index in [-0.39, 0.29) is 29.4 Å². The summed E-state index contributed by atoms with van der Waals surface area (Å²) < 4.78 is 28.5. The van der Waals surface area contributed by atoms with Crippen LogP contribution >= 0.6 is 12.4 Å². The summed E-state index contributed by atoms with van der Waals surface area (Å²) in [5.74, 6) is -0.931. The molecule has 0 bridgehead atoms. The van der Waals surface area contributed by atoms with E-state index in [9.17, 15) is 19.5 Å². The fraction of sp³-hybridized carbons (Fsp3) is 0.528. The number of aryl methyl sites for hydroxylation is 2. The summed E-state index contributed by atoms with van der Waals surface area (Å²) in [7, 11) is 1.48. The Morgan fingerprint density at radius 1 is 1.10 bits per heavy atom. The number of nitrogens with zero attached hydrogens (tertiary/aromatic N) is 2. The van der Waals surface area contributed by atoms with Crippen molar-refractivity contribution in [1.29, 1.82) is 0 Å². The Kier molecular flexibility index (Phi) is 11.7. The molecular formula is C36H47ClFN3O7. The maximum absolute atomic E-state index is 15.3. The minimum Gasteiger partial charge on any atom is -0.493 e. The number of anilines is 1. The van der Waals surface area contributed by atoms with Gasteiger partial charge < -0.3 is 34.5 Å². The van der Waals surface area contributed by atoms with Crippen molar-refractivity contribution >= 4 is 40.9 Å². The van der Waals surface area contributed by atoms with Crippen LogP contribution < -0.4 is 25.1 Å². The number of methoxy groups -OCH3 is 1. The topological polar surface area (TPSA) is 130 Å². The number of aliphatic carboxylic acids is 1. The van der Waals surface area contributed by atoms with Gasteiger partial charge in [-0.15, -0.1) is 12.4 Å². The van der Waals surface area contributed by atoms with E-state index < -0.39 is 28.6 Å². The molecule has 0 radical (unpaired) electrons. The minimum atomic E-state index is -1.30. The number of nitrogens with one attached hydrogen (secondary N) is 1. The van der Waals surface area contributed by atoms with Crippen LogP contribution in [0.1, 0.15) is 79.9 Å². The van der Waals surface area contributed by atoms with Crippen molar-refractivity contribution in [2.45, 2.75) is 78.3 Å². The van der Waals surface area contributed by atoms with Crippen LogP contribution in [0.15, 0.2) is 35.3 Å². The van der Waals surface area contributed by atoms with E-state index in [4.69, 9.17) is 14.6 Å². The molecule has 6 rings (SSSR count). The molecule has 3 heterocycles. The van der Waals surface area contributed by atoms with Gasteiger partial charge in [0.15, 0.2) is 11.6 Å². The second-order valence-corrected chi connectivity index (χ2v) is 13.7. The lowest BCUT2D eigenvalue weighted by Gasteiger charge is -2.25. The van der Waals surface area contributed by atoms with Gasteiger partial charge in [0, 0.05) is 31.4 Å². The van der Waals surface area contributed by atoms with Crippen LogP contribution in [0.25, 0.3) is 10.9 Å². The van der Waals surface area contributed by atoms with E-state index in [1.165, 1.54) is 24.9 Å². The monoisotopic (exact) mass is 687 g/mol. The average Bonchev–Trinajstić information content (AvgIpc) is 3.78. The molecule has 1 saturated carbocycles. The lowest BCUT2D eigenvalue weighted by molar-refractivity contribution is -0.147. The molecule has 10 nitrogen and oxygen atoms in total. The lowest BCUT2D eigenvalue weighted by atomic mass is 9.88. The number of hydrogen-bond donors (Lipinski definition) is 3. The number of piperidine rings is 1. The third kappa shape index (κ3) is 7.89. The second-order valence-electron chi connectivity index (χ2n) is 13.7. The van der Waals surface area contributed by atoms with Crippen molar-refractivity contribution in [2.24, 2.45) is 11.3 Å². The van der Waals surface area contributed by atoms with Crippen molar-refractivity contribution in [3.05, 3.63) is 63.2 Å². The van der Waals surface area contributed by atoms with Crippen molar-refractivity contribution in [1.82, 2.24) is 9.88 Å². The normalized spacial score (nSPS) is 18.8.